The van der Waals surface area contributed by atoms with Crippen molar-refractivity contribution in [3.8, 4) is 0 Å². The van der Waals surface area contributed by atoms with Crippen LogP contribution in [0.2, 0.25) is 0 Å². The number of rotatable bonds is 3. The summed E-state index contributed by atoms with van der Waals surface area (Å²) in [5.74, 6) is -1.12. The normalized spacial score (nSPS) is 10.9. The summed E-state index contributed by atoms with van der Waals surface area (Å²) >= 11 is 0. The van der Waals surface area contributed by atoms with Gasteiger partial charge < -0.3 is 15.3 Å². The first-order valence-electron chi connectivity index (χ1n) is 5.96. The summed E-state index contributed by atoms with van der Waals surface area (Å²) in [4.78, 5) is 29.9. The molecule has 0 saturated carbocycles. The Morgan fingerprint density at radius 2 is 0.682 bits per heavy atom. The second-order valence-electron chi connectivity index (χ2n) is 4.10. The van der Waals surface area contributed by atoms with Gasteiger partial charge in [0, 0.05) is 0 Å². The molecule has 7 heteroatoms. The summed E-state index contributed by atoms with van der Waals surface area (Å²) in [5.41, 5.74) is 0. The number of ketones is 3. The molecule has 0 aromatic rings. The van der Waals surface area contributed by atoms with Gasteiger partial charge in [0.1, 0.15) is 0 Å². The maximum Gasteiger partial charge on any atom is 3.00 e. The summed E-state index contributed by atoms with van der Waals surface area (Å²) in [6, 6.07) is 0. The molecule has 132 valence electrons. The van der Waals surface area contributed by atoms with Crippen LogP contribution in [0.15, 0.2) is 35.5 Å². The van der Waals surface area contributed by atoms with Crippen molar-refractivity contribution in [2.75, 3.05) is 0 Å². The minimum atomic E-state index is -0.187. The average molecular weight is 472 g/mol. The summed E-state index contributed by atoms with van der Waals surface area (Å²) in [7, 11) is 0. The van der Waals surface area contributed by atoms with Crippen LogP contribution in [0, 0.1) is 36.9 Å². The zero-order chi connectivity index (χ0) is 17.6. The fourth-order valence-corrected chi connectivity index (χ4v) is 0.859. The molecule has 0 fully saturated rings. The van der Waals surface area contributed by atoms with Crippen LogP contribution < -0.4 is 15.3 Å². The van der Waals surface area contributed by atoms with Crippen molar-refractivity contribution in [2.45, 2.75) is 41.5 Å². The second-order valence-corrected chi connectivity index (χ2v) is 4.10. The van der Waals surface area contributed by atoms with Gasteiger partial charge in [-0.25, -0.2) is 0 Å². The molecule has 0 heterocycles. The van der Waals surface area contributed by atoms with Crippen LogP contribution in [0.25, 0.3) is 0 Å². The summed E-state index contributed by atoms with van der Waals surface area (Å²) < 4.78 is 0. The number of allylic oxidation sites excluding steroid dienone is 6. The SMILES string of the molecule is CC(=O)C=C(C)[O-].CC(=O)C=C(C)[O-].CC(=O)C=C(C)[O-].[Lu+3]. The van der Waals surface area contributed by atoms with E-state index in [-0.39, 0.29) is 71.5 Å². The van der Waals surface area contributed by atoms with E-state index in [1.54, 1.807) is 0 Å². The Hall–Kier alpha value is -1.14. The molecular formula is C15H21LuO6. The maximum atomic E-state index is 9.98. The quantitative estimate of drug-likeness (QED) is 0.404. The van der Waals surface area contributed by atoms with Gasteiger partial charge in [0.2, 0.25) is 0 Å². The molecule has 6 nitrogen and oxygen atoms in total. The van der Waals surface area contributed by atoms with Crippen molar-refractivity contribution >= 4 is 17.3 Å². The van der Waals surface area contributed by atoms with Crippen LogP contribution >= 0.6 is 0 Å². The van der Waals surface area contributed by atoms with Crippen LogP contribution in [-0.2, 0) is 14.4 Å². The van der Waals surface area contributed by atoms with E-state index in [2.05, 4.69) is 0 Å². The van der Waals surface area contributed by atoms with Gasteiger partial charge in [-0.2, -0.15) is 0 Å². The van der Waals surface area contributed by atoms with E-state index >= 15 is 0 Å². The topological polar surface area (TPSA) is 120 Å². The van der Waals surface area contributed by atoms with Crippen LogP contribution in [0.1, 0.15) is 41.5 Å². The van der Waals surface area contributed by atoms with Crippen molar-refractivity contribution < 1.29 is 66.6 Å². The minimum Gasteiger partial charge on any atom is -0.876 e. The van der Waals surface area contributed by atoms with Crippen molar-refractivity contribution in [1.29, 1.82) is 0 Å². The zero-order valence-electron chi connectivity index (χ0n) is 13.4. The molecule has 0 aromatic carbocycles. The van der Waals surface area contributed by atoms with Crippen molar-refractivity contribution in [2.24, 2.45) is 0 Å². The molecule has 0 aliphatic carbocycles. The summed E-state index contributed by atoms with van der Waals surface area (Å²) in [6.07, 6.45) is 3.17. The van der Waals surface area contributed by atoms with E-state index in [4.69, 9.17) is 0 Å². The van der Waals surface area contributed by atoms with Crippen LogP contribution in [0.4, 0.5) is 0 Å². The Morgan fingerprint density at radius 3 is 0.682 bits per heavy atom. The molecule has 0 aliphatic heterocycles. The molecule has 0 saturated heterocycles. The molecule has 0 radical (unpaired) electrons. The monoisotopic (exact) mass is 472 g/mol. The molecule has 0 amide bonds. The Labute approximate surface area is 160 Å². The van der Waals surface area contributed by atoms with Gasteiger partial charge in [0.25, 0.3) is 0 Å². The fourth-order valence-electron chi connectivity index (χ4n) is 0.859. The van der Waals surface area contributed by atoms with Crippen LogP contribution in [-0.4, -0.2) is 17.3 Å². The van der Waals surface area contributed by atoms with E-state index in [0.29, 0.717) is 0 Å². The van der Waals surface area contributed by atoms with Crippen LogP contribution in [0.5, 0.6) is 0 Å². The molecule has 0 rings (SSSR count). The average Bonchev–Trinajstić information content (AvgIpc) is 2.10. The van der Waals surface area contributed by atoms with E-state index in [0.717, 1.165) is 18.2 Å². The summed E-state index contributed by atoms with van der Waals surface area (Å²) in [6.45, 7) is 8.09. The van der Waals surface area contributed by atoms with Crippen molar-refractivity contribution in [1.82, 2.24) is 0 Å². The van der Waals surface area contributed by atoms with E-state index in [1.165, 1.54) is 41.5 Å². The molecule has 0 spiro atoms. The molecule has 0 unspecified atom stereocenters. The first-order valence-corrected chi connectivity index (χ1v) is 5.96. The summed E-state index contributed by atoms with van der Waals surface area (Å²) in [5, 5.41) is 29.9. The van der Waals surface area contributed by atoms with Gasteiger partial charge >= 0.3 is 36.9 Å². The first kappa shape index (κ1) is 28.9. The molecule has 22 heavy (non-hydrogen) atoms. The van der Waals surface area contributed by atoms with Gasteiger partial charge in [-0.3, -0.25) is 14.4 Å². The molecule has 0 N–H and O–H groups in total. The van der Waals surface area contributed by atoms with Crippen molar-refractivity contribution in [3.05, 3.63) is 35.5 Å². The third-order valence-electron chi connectivity index (χ3n) is 1.22. The molecule has 0 aliphatic rings. The predicted octanol–water partition coefficient (Wildman–Crippen LogP) is -0.481. The first-order chi connectivity index (χ1) is 9.38. The molecule has 0 bridgehead atoms. The van der Waals surface area contributed by atoms with E-state index in [9.17, 15) is 29.7 Å². The Balaban J connectivity index is -0.000000108. The Morgan fingerprint density at radius 1 is 0.545 bits per heavy atom. The largest absolute Gasteiger partial charge is 3.00 e. The third-order valence-corrected chi connectivity index (χ3v) is 1.22. The predicted molar refractivity (Wildman–Crippen MR) is 73.3 cm³/mol. The van der Waals surface area contributed by atoms with Gasteiger partial charge in [0.05, 0.1) is 0 Å². The molecular weight excluding hydrogens is 451 g/mol. The van der Waals surface area contributed by atoms with Gasteiger partial charge in [0.15, 0.2) is 17.3 Å². The van der Waals surface area contributed by atoms with Crippen molar-refractivity contribution in [3.63, 3.8) is 0 Å². The second kappa shape index (κ2) is 17.9. The zero-order valence-corrected chi connectivity index (χ0v) is 15.1. The Kier molecular flexibility index (Phi) is 23.6. The third kappa shape index (κ3) is 51.0. The molecule has 0 atom stereocenters. The smallest absolute Gasteiger partial charge is 0.876 e. The maximum absolute atomic E-state index is 9.98. The van der Waals surface area contributed by atoms with Gasteiger partial charge in [-0.15, -0.1) is 17.3 Å². The van der Waals surface area contributed by atoms with Gasteiger partial charge in [-0.05, 0) is 39.0 Å². The number of hydrogen-bond acceptors (Lipinski definition) is 6. The minimum absolute atomic E-state index is 0. The fraction of sp³-hybridized carbons (Fsp3) is 0.400. The van der Waals surface area contributed by atoms with E-state index in [1.807, 2.05) is 0 Å². The number of carbonyl (C=O) groups is 3. The van der Waals surface area contributed by atoms with Gasteiger partial charge in [-0.1, -0.05) is 20.8 Å². The van der Waals surface area contributed by atoms with Crippen LogP contribution in [0.3, 0.4) is 0 Å². The van der Waals surface area contributed by atoms with E-state index < -0.39 is 0 Å². The number of carbonyl (C=O) groups excluding carboxylic acids is 3. The standard InChI is InChI=1S/3C5H8O2.Lu/c3*1-4(6)3-5(2)7;/h3*3,6H,1-2H3;/q;;;+3/p-3. The Bertz CT molecular complexity index is 368. The molecule has 0 aromatic heterocycles. The number of hydrogen-bond donors (Lipinski definition) is 0.